The van der Waals surface area contributed by atoms with Gasteiger partial charge in [-0.25, -0.2) is 13.1 Å². The molecule has 192 valence electrons. The fourth-order valence-electron chi connectivity index (χ4n) is 3.03. The number of aryl methyl sites for hydroxylation is 1. The monoisotopic (exact) mass is 542 g/mol. The minimum absolute atomic E-state index is 0.0403. The van der Waals surface area contributed by atoms with Crippen LogP contribution in [-0.2, 0) is 26.6 Å². The second-order valence-corrected chi connectivity index (χ2v) is 11.0. The van der Waals surface area contributed by atoms with Crippen LogP contribution >= 0.6 is 0 Å². The summed E-state index contributed by atoms with van der Waals surface area (Å²) in [6, 6.07) is 9.22. The molecule has 1 heterocycles. The topological polar surface area (TPSA) is 163 Å². The molecule has 0 atom stereocenters. The molecule has 37 heavy (non-hydrogen) atoms. The summed E-state index contributed by atoms with van der Waals surface area (Å²) in [6.45, 7) is 14.2. The molecular weight excluding hydrogens is 520 g/mol. The van der Waals surface area contributed by atoms with E-state index in [9.17, 15) is 21.4 Å². The maximum absolute atomic E-state index is 12.6. The second kappa shape index (κ2) is 11.3. The normalized spacial score (nSPS) is 11.4. The van der Waals surface area contributed by atoms with Gasteiger partial charge in [-0.1, -0.05) is 18.2 Å². The lowest BCUT2D eigenvalue weighted by Gasteiger charge is -2.14. The average molecular weight is 543 g/mol. The first kappa shape index (κ1) is 27.4. The number of hydrogen-bond donors (Lipinski definition) is 3. The molecule has 0 fully saturated rings. The van der Waals surface area contributed by atoms with Crippen LogP contribution in [0.25, 0.3) is 9.69 Å². The highest BCUT2D eigenvalue weighted by Crippen LogP contribution is 2.30. The lowest BCUT2D eigenvalue weighted by molar-refractivity contribution is 0.483. The van der Waals surface area contributed by atoms with Crippen molar-refractivity contribution >= 4 is 49.1 Å². The zero-order chi connectivity index (χ0) is 27.2. The third kappa shape index (κ3) is 7.18. The van der Waals surface area contributed by atoms with Gasteiger partial charge in [-0.3, -0.25) is 14.2 Å². The van der Waals surface area contributed by atoms with Gasteiger partial charge in [0.15, 0.2) is 11.4 Å². The van der Waals surface area contributed by atoms with Crippen molar-refractivity contribution in [2.45, 2.75) is 22.6 Å². The molecule has 3 N–H and O–H groups in total. The summed E-state index contributed by atoms with van der Waals surface area (Å²) in [5, 5.41) is 2.89. The van der Waals surface area contributed by atoms with Crippen molar-refractivity contribution in [2.75, 3.05) is 30.9 Å². The van der Waals surface area contributed by atoms with Crippen LogP contribution in [0.5, 0.6) is 0 Å². The molecular formula is C22H22N8O5S2. The van der Waals surface area contributed by atoms with E-state index in [-0.39, 0.29) is 40.1 Å². The Morgan fingerprint density at radius 1 is 0.946 bits per heavy atom. The Labute approximate surface area is 214 Å². The fourth-order valence-corrected chi connectivity index (χ4v) is 4.65. The summed E-state index contributed by atoms with van der Waals surface area (Å²) in [5.74, 6) is 0.821. The van der Waals surface area contributed by atoms with E-state index < -0.39 is 20.1 Å². The Kier molecular flexibility index (Phi) is 8.36. The van der Waals surface area contributed by atoms with Crippen LogP contribution in [0, 0.1) is 13.1 Å². The molecule has 0 bridgehead atoms. The van der Waals surface area contributed by atoms with Crippen LogP contribution in [0.4, 0.5) is 29.0 Å². The molecule has 0 aliphatic heterocycles. The van der Waals surface area contributed by atoms with E-state index in [2.05, 4.69) is 34.7 Å². The Morgan fingerprint density at radius 2 is 1.68 bits per heavy atom. The van der Waals surface area contributed by atoms with E-state index in [4.69, 9.17) is 13.1 Å². The summed E-state index contributed by atoms with van der Waals surface area (Å²) in [6.07, 6.45) is 0.624. The van der Waals surface area contributed by atoms with Crippen molar-refractivity contribution in [3.63, 3.8) is 0 Å². The minimum Gasteiger partial charge on any atom is -0.347 e. The molecule has 13 nitrogen and oxygen atoms in total. The maximum atomic E-state index is 12.6. The maximum Gasteiger partial charge on any atom is 0.294 e. The largest absolute Gasteiger partial charge is 0.347 e. The number of nitrogens with one attached hydrogen (secondary N) is 2. The predicted octanol–water partition coefficient (Wildman–Crippen LogP) is 2.94. The van der Waals surface area contributed by atoms with Crippen molar-refractivity contribution in [3.8, 4) is 0 Å². The van der Waals surface area contributed by atoms with Gasteiger partial charge in [-0.15, -0.1) is 0 Å². The Hall–Kier alpha value is -4.15. The minimum atomic E-state index is -4.39. The molecule has 3 aromatic rings. The third-order valence-corrected chi connectivity index (χ3v) is 7.13. The highest BCUT2D eigenvalue weighted by molar-refractivity contribution is 7.89. The summed E-state index contributed by atoms with van der Waals surface area (Å²) < 4.78 is 59.7. The summed E-state index contributed by atoms with van der Waals surface area (Å²) >= 11 is 0. The lowest BCUT2D eigenvalue weighted by Crippen LogP contribution is -2.25. The number of nitrogens with zero attached hydrogens (tertiary/aromatic N) is 6. The third-order valence-electron chi connectivity index (χ3n) is 4.83. The van der Waals surface area contributed by atoms with Crippen LogP contribution < -0.4 is 14.9 Å². The summed E-state index contributed by atoms with van der Waals surface area (Å²) in [7, 11) is -4.83. The number of sulfonamides is 1. The van der Waals surface area contributed by atoms with Crippen LogP contribution in [0.15, 0.2) is 52.3 Å². The standard InChI is InChI=1S/C22H22N8O5S2/c1-23-18-11-10-16(14-19(18)24-2)36(31,32)25-12-6-9-20-27-21(29-22(28-20)30(3)4)26-15-7-5-8-17(13-15)37(33,34)35/h5,7-8,10-11,13-14,25H,6,9,12H2,3-4H3,(H,33,34,35)(H,26,27,28,29). The van der Waals surface area contributed by atoms with Gasteiger partial charge in [0.05, 0.1) is 22.9 Å². The summed E-state index contributed by atoms with van der Waals surface area (Å²) in [5.41, 5.74) is 0.365. The quantitative estimate of drug-likeness (QED) is 0.197. The zero-order valence-corrected chi connectivity index (χ0v) is 21.4. The van der Waals surface area contributed by atoms with Gasteiger partial charge in [0.25, 0.3) is 10.1 Å². The van der Waals surface area contributed by atoms with Gasteiger partial charge in [-0.2, -0.15) is 23.4 Å². The first-order chi connectivity index (χ1) is 17.4. The van der Waals surface area contributed by atoms with Crippen LogP contribution in [0.2, 0.25) is 0 Å². The van der Waals surface area contributed by atoms with Gasteiger partial charge in [0.1, 0.15) is 5.82 Å². The van der Waals surface area contributed by atoms with Gasteiger partial charge in [-0.05, 0) is 30.7 Å². The Bertz CT molecular complexity index is 1610. The van der Waals surface area contributed by atoms with Gasteiger partial charge in [0.2, 0.25) is 21.9 Å². The molecule has 15 heteroatoms. The highest BCUT2D eigenvalue weighted by atomic mass is 32.2. The Morgan fingerprint density at radius 3 is 2.32 bits per heavy atom. The van der Waals surface area contributed by atoms with Gasteiger partial charge in [0, 0.05) is 32.7 Å². The Balaban J connectivity index is 1.71. The van der Waals surface area contributed by atoms with E-state index in [1.807, 2.05) is 0 Å². The number of benzene rings is 2. The molecule has 3 rings (SSSR count). The molecule has 2 aromatic carbocycles. The molecule has 1 aromatic heterocycles. The van der Waals surface area contributed by atoms with E-state index in [0.717, 1.165) is 6.07 Å². The second-order valence-electron chi connectivity index (χ2n) is 7.77. The SMILES string of the molecule is [C-]#[N+]c1ccc(S(=O)(=O)NCCCc2nc(Nc3cccc(S(=O)(=O)O)c3)nc(N(C)C)n2)cc1[N+]#[C-]. The smallest absolute Gasteiger partial charge is 0.294 e. The van der Waals surface area contributed by atoms with Crippen molar-refractivity contribution in [1.29, 1.82) is 0 Å². The predicted molar refractivity (Wildman–Crippen MR) is 136 cm³/mol. The molecule has 0 aliphatic rings. The average Bonchev–Trinajstić information content (AvgIpc) is 2.85. The molecule has 0 radical (unpaired) electrons. The van der Waals surface area contributed by atoms with Crippen molar-refractivity contribution in [1.82, 2.24) is 19.7 Å². The fraction of sp³-hybridized carbons (Fsp3) is 0.227. The van der Waals surface area contributed by atoms with Crippen LogP contribution in [0.3, 0.4) is 0 Å². The van der Waals surface area contributed by atoms with E-state index in [1.165, 1.54) is 30.3 Å². The molecule has 0 unspecified atom stereocenters. The zero-order valence-electron chi connectivity index (χ0n) is 19.7. The summed E-state index contributed by atoms with van der Waals surface area (Å²) in [4.78, 5) is 20.6. The van der Waals surface area contributed by atoms with E-state index >= 15 is 0 Å². The first-order valence-electron chi connectivity index (χ1n) is 10.6. The molecule has 0 aliphatic carbocycles. The van der Waals surface area contributed by atoms with E-state index in [0.29, 0.717) is 23.9 Å². The van der Waals surface area contributed by atoms with Crippen LogP contribution in [0.1, 0.15) is 12.2 Å². The van der Waals surface area contributed by atoms with Gasteiger partial charge < -0.3 is 10.2 Å². The molecule has 0 saturated heterocycles. The lowest BCUT2D eigenvalue weighted by atomic mass is 10.3. The number of aromatic nitrogens is 3. The van der Waals surface area contributed by atoms with Crippen LogP contribution in [-0.4, -0.2) is 57.0 Å². The number of rotatable bonds is 10. The molecule has 0 spiro atoms. The number of anilines is 3. The number of hydrogen-bond acceptors (Lipinski definition) is 9. The first-order valence-corrected chi connectivity index (χ1v) is 13.5. The molecule has 0 amide bonds. The van der Waals surface area contributed by atoms with Crippen molar-refractivity contribution in [3.05, 3.63) is 71.1 Å². The van der Waals surface area contributed by atoms with Crippen molar-refractivity contribution in [2.24, 2.45) is 0 Å². The van der Waals surface area contributed by atoms with Crippen molar-refractivity contribution < 1.29 is 21.4 Å². The highest BCUT2D eigenvalue weighted by Gasteiger charge is 2.16. The molecule has 0 saturated carbocycles. The van der Waals surface area contributed by atoms with Gasteiger partial charge >= 0.3 is 0 Å². The van der Waals surface area contributed by atoms with E-state index in [1.54, 1.807) is 25.1 Å².